The van der Waals surface area contributed by atoms with Crippen molar-refractivity contribution in [1.82, 2.24) is 24.3 Å². The van der Waals surface area contributed by atoms with Crippen molar-refractivity contribution in [3.05, 3.63) is 107 Å². The van der Waals surface area contributed by atoms with Crippen LogP contribution in [-0.4, -0.2) is 76.1 Å². The smallest absolute Gasteiger partial charge is 0.215 e. The number of halogens is 2. The minimum Gasteiger partial charge on any atom is -0.491 e. The second-order valence-corrected chi connectivity index (χ2v) is 12.8. The predicted octanol–water partition coefficient (Wildman–Crippen LogP) is 6.17. The van der Waals surface area contributed by atoms with Crippen LogP contribution in [0.15, 0.2) is 96.9 Å². The number of nitrogens with zero attached hydrogens (tertiary/aromatic N) is 7. The van der Waals surface area contributed by atoms with E-state index in [0.717, 1.165) is 42.8 Å². The monoisotopic (exact) mass is 677 g/mol. The number of piperazine rings is 1. The third kappa shape index (κ3) is 6.70. The lowest BCUT2D eigenvalue weighted by molar-refractivity contribution is -0.189. The van der Waals surface area contributed by atoms with Crippen LogP contribution in [0.3, 0.4) is 0 Å². The van der Waals surface area contributed by atoms with Crippen molar-refractivity contribution in [2.75, 3.05) is 55.4 Å². The van der Waals surface area contributed by atoms with E-state index in [1.54, 1.807) is 31.0 Å². The van der Waals surface area contributed by atoms with Crippen molar-refractivity contribution in [3.8, 4) is 11.4 Å². The van der Waals surface area contributed by atoms with Crippen molar-refractivity contribution in [3.63, 3.8) is 0 Å². The van der Waals surface area contributed by atoms with Crippen LogP contribution < -0.4 is 14.5 Å². The lowest BCUT2D eigenvalue weighted by Crippen LogP contribution is -2.46. The second-order valence-electron chi connectivity index (χ2n) is 11.1. The fourth-order valence-electron chi connectivity index (χ4n) is 5.82. The Bertz CT molecular complexity index is 1750. The summed E-state index contributed by atoms with van der Waals surface area (Å²) in [6.07, 6.45) is 8.74. The molecule has 2 atom stereocenters. The Labute approximate surface area is 281 Å². The zero-order chi connectivity index (χ0) is 31.5. The molecule has 2 aliphatic heterocycles. The number of thioether (sulfide) groups is 1. The Morgan fingerprint density at radius 2 is 1.61 bits per heavy atom. The topological polar surface area (TPSA) is 82.7 Å². The van der Waals surface area contributed by atoms with Crippen molar-refractivity contribution in [2.45, 2.75) is 23.6 Å². The summed E-state index contributed by atoms with van der Waals surface area (Å²) < 4.78 is 22.7. The van der Waals surface area contributed by atoms with Gasteiger partial charge in [0.1, 0.15) is 24.8 Å². The van der Waals surface area contributed by atoms with Crippen LogP contribution in [0, 0.1) is 0 Å². The molecule has 2 aromatic heterocycles. The quantitative estimate of drug-likeness (QED) is 0.161. The molecule has 46 heavy (non-hydrogen) atoms. The Morgan fingerprint density at radius 1 is 0.913 bits per heavy atom. The van der Waals surface area contributed by atoms with Crippen LogP contribution in [0.25, 0.3) is 5.69 Å². The summed E-state index contributed by atoms with van der Waals surface area (Å²) in [6.45, 7) is 4.83. The number of benzene rings is 3. The van der Waals surface area contributed by atoms with Gasteiger partial charge in [0.05, 0.1) is 30.2 Å². The van der Waals surface area contributed by atoms with Gasteiger partial charge in [0.15, 0.2) is 0 Å². The van der Waals surface area contributed by atoms with E-state index in [4.69, 9.17) is 37.4 Å². The first-order valence-corrected chi connectivity index (χ1v) is 17.0. The van der Waals surface area contributed by atoms with Gasteiger partial charge in [-0.25, -0.2) is 14.6 Å². The molecule has 2 aliphatic rings. The van der Waals surface area contributed by atoms with E-state index in [9.17, 15) is 0 Å². The molecule has 4 heterocycles. The third-order valence-electron chi connectivity index (χ3n) is 8.20. The summed E-state index contributed by atoms with van der Waals surface area (Å²) in [5, 5.41) is 6.27. The minimum absolute atomic E-state index is 0.291. The van der Waals surface area contributed by atoms with Gasteiger partial charge in [-0.05, 0) is 66.9 Å². The van der Waals surface area contributed by atoms with Crippen molar-refractivity contribution < 1.29 is 14.2 Å². The van der Waals surface area contributed by atoms with Gasteiger partial charge in [-0.15, -0.1) is 5.10 Å². The summed E-state index contributed by atoms with van der Waals surface area (Å²) in [6, 6.07) is 22.1. The highest BCUT2D eigenvalue weighted by Crippen LogP contribution is 2.40. The van der Waals surface area contributed by atoms with E-state index in [1.165, 1.54) is 23.1 Å². The molecule has 2 fully saturated rings. The van der Waals surface area contributed by atoms with Crippen LogP contribution >= 0.6 is 35.0 Å². The lowest BCUT2D eigenvalue weighted by atomic mass is 10.1. The molecule has 2 saturated heterocycles. The van der Waals surface area contributed by atoms with Gasteiger partial charge in [0.25, 0.3) is 0 Å². The Hall–Kier alpha value is -3.74. The average molecular weight is 679 g/mol. The first-order chi connectivity index (χ1) is 22.5. The maximum absolute atomic E-state index is 6.60. The molecule has 238 valence electrons. The first kappa shape index (κ1) is 30.9. The molecule has 3 aromatic carbocycles. The third-order valence-corrected chi connectivity index (χ3v) is 9.30. The molecule has 0 N–H and O–H groups in total. The fourth-order valence-corrected chi connectivity index (χ4v) is 6.70. The molecule has 0 spiro atoms. The average Bonchev–Trinajstić information content (AvgIpc) is 3.87. The molecule has 10 nitrogen and oxygen atoms in total. The maximum atomic E-state index is 6.60. The summed E-state index contributed by atoms with van der Waals surface area (Å²) in [5.41, 5.74) is 4.11. The molecular formula is C33H33Cl2N7O3S. The summed E-state index contributed by atoms with van der Waals surface area (Å²) >= 11 is 14.3. The molecule has 0 bridgehead atoms. The molecular weight excluding hydrogens is 645 g/mol. The summed E-state index contributed by atoms with van der Waals surface area (Å²) in [4.78, 5) is 13.3. The molecule has 5 aromatic rings. The van der Waals surface area contributed by atoms with Gasteiger partial charge in [-0.3, -0.25) is 0 Å². The van der Waals surface area contributed by atoms with Crippen molar-refractivity contribution in [1.29, 1.82) is 0 Å². The van der Waals surface area contributed by atoms with Gasteiger partial charge in [-0.1, -0.05) is 41.0 Å². The Kier molecular flexibility index (Phi) is 9.10. The van der Waals surface area contributed by atoms with Crippen LogP contribution in [0.1, 0.15) is 5.56 Å². The predicted molar refractivity (Wildman–Crippen MR) is 181 cm³/mol. The van der Waals surface area contributed by atoms with E-state index in [0.29, 0.717) is 35.4 Å². The highest BCUT2D eigenvalue weighted by atomic mass is 35.5. The van der Waals surface area contributed by atoms with Crippen LogP contribution in [0.4, 0.5) is 11.4 Å². The van der Waals surface area contributed by atoms with Gasteiger partial charge in [0, 0.05) is 60.5 Å². The first-order valence-electron chi connectivity index (χ1n) is 15.0. The van der Waals surface area contributed by atoms with Gasteiger partial charge < -0.3 is 28.6 Å². The highest BCUT2D eigenvalue weighted by molar-refractivity contribution is 7.98. The Balaban J connectivity index is 0.927. The number of hydrogen-bond donors (Lipinski definition) is 0. The van der Waals surface area contributed by atoms with Gasteiger partial charge >= 0.3 is 0 Å². The lowest BCUT2D eigenvalue weighted by Gasteiger charge is -2.37. The summed E-state index contributed by atoms with van der Waals surface area (Å²) in [7, 11) is 0. The number of anilines is 2. The number of ether oxygens (including phenoxy) is 3. The molecule has 2 unspecified atom stereocenters. The minimum atomic E-state index is -1.08. The van der Waals surface area contributed by atoms with E-state index >= 15 is 0 Å². The second kappa shape index (κ2) is 13.5. The van der Waals surface area contributed by atoms with Crippen LogP contribution in [0.5, 0.6) is 5.75 Å². The summed E-state index contributed by atoms with van der Waals surface area (Å²) in [5.74, 6) is -0.306. The van der Waals surface area contributed by atoms with Gasteiger partial charge in [-0.2, -0.15) is 0 Å². The number of aromatic nitrogens is 5. The molecule has 0 saturated carbocycles. The van der Waals surface area contributed by atoms with E-state index < -0.39 is 5.79 Å². The van der Waals surface area contributed by atoms with E-state index in [1.807, 2.05) is 39.9 Å². The molecule has 0 radical (unpaired) electrons. The Morgan fingerprint density at radius 3 is 2.24 bits per heavy atom. The number of hydrogen-bond acceptors (Lipinski definition) is 9. The number of imidazole rings is 1. The van der Waals surface area contributed by atoms with E-state index in [-0.39, 0.29) is 6.10 Å². The maximum Gasteiger partial charge on any atom is 0.215 e. The molecule has 13 heteroatoms. The highest BCUT2D eigenvalue weighted by Gasteiger charge is 2.45. The zero-order valence-corrected chi connectivity index (χ0v) is 27.5. The normalized spacial score (nSPS) is 19.9. The van der Waals surface area contributed by atoms with E-state index in [2.05, 4.69) is 61.3 Å². The fraction of sp³-hybridized carbons (Fsp3) is 0.303. The molecule has 0 amide bonds. The largest absolute Gasteiger partial charge is 0.491 e. The van der Waals surface area contributed by atoms with Crippen LogP contribution in [-0.2, 0) is 21.8 Å². The SMILES string of the molecule is CSc1ncn(-c2ccc(N3CCN(c4ccc(OCC5COC(Cn6ccnc6)(c6ccc(Cl)cc6Cl)O5)cc4)CC3)cc2)n1. The van der Waals surface area contributed by atoms with Crippen LogP contribution in [0.2, 0.25) is 10.0 Å². The zero-order valence-electron chi connectivity index (χ0n) is 25.2. The standard InChI is InChI=1S/C33H33Cl2N7O3S/c1-46-32-37-23-42(38-32)27-5-3-25(4-6-27)40-14-16-41(17-15-40)26-7-9-28(10-8-26)43-19-29-20-44-33(45-29,21-39-13-12-36-22-39)30-11-2-24(34)18-31(30)35/h2-13,18,22-23,29H,14-17,19-21H2,1H3. The number of rotatable bonds is 10. The van der Waals surface area contributed by atoms with Gasteiger partial charge in [0.2, 0.25) is 10.9 Å². The molecule has 0 aliphatic carbocycles. The van der Waals surface area contributed by atoms with Crippen molar-refractivity contribution in [2.24, 2.45) is 0 Å². The van der Waals surface area contributed by atoms with Crippen molar-refractivity contribution >= 4 is 46.3 Å². The molecule has 7 rings (SSSR count).